The Hall–Kier alpha value is -1.82. The molecule has 20 heavy (non-hydrogen) atoms. The summed E-state index contributed by atoms with van der Waals surface area (Å²) in [5, 5.41) is 11.0. The number of ether oxygens (including phenoxy) is 1. The van der Waals surface area contributed by atoms with Crippen molar-refractivity contribution in [1.82, 2.24) is 0 Å². The van der Waals surface area contributed by atoms with Crippen LogP contribution in [-0.2, 0) is 4.74 Å². The molecule has 0 aromatic heterocycles. The summed E-state index contributed by atoms with van der Waals surface area (Å²) in [5.41, 5.74) is 5.37. The van der Waals surface area contributed by atoms with Crippen LogP contribution in [0.2, 0.25) is 25.7 Å². The topological polar surface area (TPSA) is 92.5 Å². The lowest BCUT2D eigenvalue weighted by molar-refractivity contribution is -0.255. The molecule has 0 saturated heterocycles. The van der Waals surface area contributed by atoms with E-state index in [2.05, 4.69) is 19.6 Å². The van der Waals surface area contributed by atoms with Crippen molar-refractivity contribution in [3.63, 3.8) is 0 Å². The minimum absolute atomic E-state index is 0.0851. The van der Waals surface area contributed by atoms with Crippen molar-refractivity contribution in [3.05, 3.63) is 29.3 Å². The van der Waals surface area contributed by atoms with Crippen molar-refractivity contribution < 1.29 is 19.4 Å². The molecule has 1 aromatic carbocycles. The van der Waals surface area contributed by atoms with Crippen LogP contribution in [0.4, 0.5) is 5.69 Å². The second-order valence-electron chi connectivity index (χ2n) is 5.86. The molecule has 0 bridgehead atoms. The number of hydrogen-bond acceptors (Lipinski definition) is 5. The number of esters is 1. The predicted octanol–water partition coefficient (Wildman–Crippen LogP) is 1.52. The normalized spacial score (nSPS) is 11.2. The molecule has 0 saturated carbocycles. The zero-order valence-corrected chi connectivity index (χ0v) is 13.1. The van der Waals surface area contributed by atoms with E-state index in [1.807, 2.05) is 0 Å². The summed E-state index contributed by atoms with van der Waals surface area (Å²) in [6, 6.07) is 5.25. The Kier molecular flexibility index (Phi) is 5.32. The van der Waals surface area contributed by atoms with E-state index in [0.29, 0.717) is 0 Å². The number of aromatic carboxylic acids is 1. The number of anilines is 1. The van der Waals surface area contributed by atoms with Gasteiger partial charge < -0.3 is 20.4 Å². The lowest BCUT2D eigenvalue weighted by Crippen LogP contribution is -2.26. The fraction of sp³-hybridized carbons (Fsp3) is 0.429. The van der Waals surface area contributed by atoms with Gasteiger partial charge in [-0.3, -0.25) is 0 Å². The number of carbonyl (C=O) groups is 2. The molecule has 0 spiro atoms. The molecule has 6 heteroatoms. The maximum Gasteiger partial charge on any atom is 0.340 e. The number of carboxylic acid groups (broad SMARTS) is 1. The minimum Gasteiger partial charge on any atom is -0.545 e. The van der Waals surface area contributed by atoms with Gasteiger partial charge in [0, 0.05) is 19.3 Å². The van der Waals surface area contributed by atoms with Gasteiger partial charge in [-0.2, -0.15) is 0 Å². The minimum atomic E-state index is -1.44. The Bertz CT molecular complexity index is 508. The van der Waals surface area contributed by atoms with Crippen molar-refractivity contribution >= 4 is 25.7 Å². The second-order valence-corrected chi connectivity index (χ2v) is 11.5. The van der Waals surface area contributed by atoms with Crippen LogP contribution >= 0.6 is 0 Å². The first-order valence-electron chi connectivity index (χ1n) is 6.49. The lowest BCUT2D eigenvalue weighted by atomic mass is 10.1. The van der Waals surface area contributed by atoms with E-state index in [0.717, 1.165) is 12.5 Å². The first-order chi connectivity index (χ1) is 9.22. The van der Waals surface area contributed by atoms with Gasteiger partial charge in [-0.1, -0.05) is 37.8 Å². The molecule has 0 fully saturated rings. The van der Waals surface area contributed by atoms with Gasteiger partial charge >= 0.3 is 5.97 Å². The maximum atomic E-state index is 11.9. The molecule has 0 aliphatic rings. The van der Waals surface area contributed by atoms with E-state index in [1.54, 1.807) is 0 Å². The van der Waals surface area contributed by atoms with Crippen LogP contribution in [0.1, 0.15) is 27.1 Å². The molecule has 2 N–H and O–H groups in total. The van der Waals surface area contributed by atoms with Crippen LogP contribution in [0.15, 0.2) is 18.2 Å². The van der Waals surface area contributed by atoms with E-state index < -0.39 is 20.0 Å². The SMILES string of the molecule is C[Si](C)(C)CCCOC(=O)c1c(N)cccc1C(=O)[O-]. The summed E-state index contributed by atoms with van der Waals surface area (Å²) in [7, 11) is -1.17. The average Bonchev–Trinajstić information content (AvgIpc) is 2.32. The number of benzene rings is 1. The molecule has 0 aliphatic carbocycles. The molecule has 0 atom stereocenters. The number of hydrogen-bond donors (Lipinski definition) is 1. The standard InChI is InChI=1S/C14H21NO4Si/c1-20(2,3)9-5-8-19-14(18)12-10(13(16)17)6-4-7-11(12)15/h4,6-7H,5,8-9,15H2,1-3H3,(H,16,17)/p-1. The Morgan fingerprint density at radius 1 is 1.30 bits per heavy atom. The van der Waals surface area contributed by atoms with Crippen LogP contribution in [0.3, 0.4) is 0 Å². The predicted molar refractivity (Wildman–Crippen MR) is 78.2 cm³/mol. The molecule has 0 aliphatic heterocycles. The molecule has 110 valence electrons. The van der Waals surface area contributed by atoms with Crippen molar-refractivity contribution in [3.8, 4) is 0 Å². The average molecular weight is 294 g/mol. The van der Waals surface area contributed by atoms with Crippen LogP contribution in [0.25, 0.3) is 0 Å². The van der Waals surface area contributed by atoms with E-state index in [9.17, 15) is 14.7 Å². The van der Waals surface area contributed by atoms with Crippen molar-refractivity contribution in [2.45, 2.75) is 32.1 Å². The highest BCUT2D eigenvalue weighted by Crippen LogP contribution is 2.18. The highest BCUT2D eigenvalue weighted by atomic mass is 28.3. The monoisotopic (exact) mass is 294 g/mol. The second kappa shape index (κ2) is 6.56. The first-order valence-corrected chi connectivity index (χ1v) is 10.2. The largest absolute Gasteiger partial charge is 0.545 e. The van der Waals surface area contributed by atoms with E-state index >= 15 is 0 Å². The summed E-state index contributed by atoms with van der Waals surface area (Å²) >= 11 is 0. The Labute approximate surface area is 119 Å². The van der Waals surface area contributed by atoms with Gasteiger partial charge in [0.05, 0.1) is 18.1 Å². The summed E-state index contributed by atoms with van der Waals surface area (Å²) < 4.78 is 5.11. The molecule has 1 aromatic rings. The highest BCUT2D eigenvalue weighted by molar-refractivity contribution is 6.76. The van der Waals surface area contributed by atoms with E-state index in [-0.39, 0.29) is 23.4 Å². The van der Waals surface area contributed by atoms with Gasteiger partial charge in [0.15, 0.2) is 0 Å². The quantitative estimate of drug-likeness (QED) is 0.371. The van der Waals surface area contributed by atoms with Gasteiger partial charge in [0.1, 0.15) is 0 Å². The van der Waals surface area contributed by atoms with Crippen LogP contribution in [-0.4, -0.2) is 26.6 Å². The van der Waals surface area contributed by atoms with Crippen LogP contribution < -0.4 is 10.8 Å². The molecular formula is C14H20NO4Si-. The van der Waals surface area contributed by atoms with E-state index in [4.69, 9.17) is 10.5 Å². The summed E-state index contributed by atoms with van der Waals surface area (Å²) in [6.45, 7) is 6.97. The maximum absolute atomic E-state index is 11.9. The third-order valence-corrected chi connectivity index (χ3v) is 4.68. The Morgan fingerprint density at radius 3 is 2.50 bits per heavy atom. The van der Waals surface area contributed by atoms with Gasteiger partial charge in [-0.25, -0.2) is 4.79 Å². The zero-order valence-electron chi connectivity index (χ0n) is 12.1. The van der Waals surface area contributed by atoms with Gasteiger partial charge in [-0.05, 0) is 12.5 Å². The number of rotatable bonds is 6. The first kappa shape index (κ1) is 16.2. The Balaban J connectivity index is 2.71. The van der Waals surface area contributed by atoms with Crippen molar-refractivity contribution in [2.24, 2.45) is 0 Å². The number of nitrogens with two attached hydrogens (primary N) is 1. The number of carboxylic acids is 1. The third kappa shape index (κ3) is 4.69. The van der Waals surface area contributed by atoms with Gasteiger partial charge in [0.25, 0.3) is 0 Å². The molecule has 0 radical (unpaired) electrons. The smallest absolute Gasteiger partial charge is 0.340 e. The fourth-order valence-electron chi connectivity index (χ4n) is 1.81. The van der Waals surface area contributed by atoms with Crippen LogP contribution in [0, 0.1) is 0 Å². The molecule has 5 nitrogen and oxygen atoms in total. The summed E-state index contributed by atoms with van der Waals surface area (Å²) in [6.07, 6.45) is 0.773. The zero-order chi connectivity index (χ0) is 15.3. The number of carbonyl (C=O) groups excluding carboxylic acids is 2. The van der Waals surface area contributed by atoms with Gasteiger partial charge in [0.2, 0.25) is 0 Å². The fourth-order valence-corrected chi connectivity index (χ4v) is 3.01. The molecule has 1 rings (SSSR count). The van der Waals surface area contributed by atoms with Crippen molar-refractivity contribution in [1.29, 1.82) is 0 Å². The summed E-state index contributed by atoms with van der Waals surface area (Å²) in [5.74, 6) is -2.15. The number of nitrogen functional groups attached to an aromatic ring is 1. The molecular weight excluding hydrogens is 274 g/mol. The van der Waals surface area contributed by atoms with Gasteiger partial charge in [-0.15, -0.1) is 0 Å². The molecule has 0 amide bonds. The summed E-state index contributed by atoms with van der Waals surface area (Å²) in [4.78, 5) is 22.9. The Morgan fingerprint density at radius 2 is 1.95 bits per heavy atom. The van der Waals surface area contributed by atoms with Crippen molar-refractivity contribution in [2.75, 3.05) is 12.3 Å². The van der Waals surface area contributed by atoms with E-state index in [1.165, 1.54) is 18.2 Å². The molecule has 0 heterocycles. The molecule has 0 unspecified atom stereocenters. The third-order valence-electron chi connectivity index (χ3n) is 2.82. The lowest BCUT2D eigenvalue weighted by Gasteiger charge is -2.16. The highest BCUT2D eigenvalue weighted by Gasteiger charge is 2.18. The van der Waals surface area contributed by atoms with Crippen LogP contribution in [0.5, 0.6) is 0 Å².